The van der Waals surface area contributed by atoms with Crippen LogP contribution in [0.2, 0.25) is 0 Å². The van der Waals surface area contributed by atoms with Gasteiger partial charge in [-0.05, 0) is 36.4 Å². The van der Waals surface area contributed by atoms with Crippen LogP contribution >= 0.6 is 7.49 Å². The van der Waals surface area contributed by atoms with Gasteiger partial charge in [-0.15, -0.1) is 0 Å². The van der Waals surface area contributed by atoms with Gasteiger partial charge in [0.15, 0.2) is 0 Å². The van der Waals surface area contributed by atoms with E-state index in [4.69, 9.17) is 4.52 Å². The van der Waals surface area contributed by atoms with Crippen molar-refractivity contribution in [3.05, 3.63) is 91.0 Å². The third kappa shape index (κ3) is 4.40. The summed E-state index contributed by atoms with van der Waals surface area (Å²) in [5.41, 5.74) is 0. The van der Waals surface area contributed by atoms with E-state index >= 15 is 0 Å². The standard InChI is InChI=1S/C20H15F3O2P.BrH/c21-20(22,23)19(24)25-26(16-10-4-1-5-11-16,17-12-6-2-7-13-17)18-14-8-3-9-15-18;/h1-15H;1H/q+1;/p-1. The van der Waals surface area contributed by atoms with Gasteiger partial charge in [-0.25, -0.2) is 4.79 Å². The first kappa shape index (κ1) is 21.1. The minimum absolute atomic E-state index is 0. The molecule has 0 N–H and O–H groups in total. The first-order chi connectivity index (χ1) is 12.4. The zero-order chi connectivity index (χ0) is 18.6. The van der Waals surface area contributed by atoms with Gasteiger partial charge in [-0.1, -0.05) is 54.6 Å². The summed E-state index contributed by atoms with van der Waals surface area (Å²) >= 11 is 0. The normalized spacial score (nSPS) is 11.4. The van der Waals surface area contributed by atoms with E-state index in [-0.39, 0.29) is 17.0 Å². The van der Waals surface area contributed by atoms with Gasteiger partial charge in [0, 0.05) is 0 Å². The van der Waals surface area contributed by atoms with E-state index in [1.165, 1.54) is 0 Å². The van der Waals surface area contributed by atoms with Crippen molar-refractivity contribution in [3.8, 4) is 0 Å². The van der Waals surface area contributed by atoms with Crippen LogP contribution in [0.3, 0.4) is 0 Å². The Morgan fingerprint density at radius 2 is 0.963 bits per heavy atom. The molecule has 140 valence electrons. The van der Waals surface area contributed by atoms with E-state index in [0.717, 1.165) is 0 Å². The third-order valence-corrected chi connectivity index (χ3v) is 7.33. The predicted molar refractivity (Wildman–Crippen MR) is 97.3 cm³/mol. The molecule has 3 rings (SSSR count). The van der Waals surface area contributed by atoms with E-state index in [0.29, 0.717) is 15.9 Å². The maximum atomic E-state index is 13.1. The summed E-state index contributed by atoms with van der Waals surface area (Å²) in [5.74, 6) is -2.19. The van der Waals surface area contributed by atoms with Crippen molar-refractivity contribution in [1.29, 1.82) is 0 Å². The molecule has 0 aliphatic rings. The molecule has 0 saturated carbocycles. The van der Waals surface area contributed by atoms with E-state index in [9.17, 15) is 18.0 Å². The molecule has 7 heteroatoms. The van der Waals surface area contributed by atoms with Crippen LogP contribution in [0.1, 0.15) is 0 Å². The fourth-order valence-electron chi connectivity index (χ4n) is 2.70. The number of carbonyl (C=O) groups excluding carboxylic acids is 1. The zero-order valence-electron chi connectivity index (χ0n) is 13.9. The molecule has 2 nitrogen and oxygen atoms in total. The highest BCUT2D eigenvalue weighted by Crippen LogP contribution is 2.57. The highest BCUT2D eigenvalue weighted by atomic mass is 79.9. The largest absolute Gasteiger partial charge is 1.00 e. The second-order valence-corrected chi connectivity index (χ2v) is 8.44. The Bertz CT molecular complexity index is 775. The summed E-state index contributed by atoms with van der Waals surface area (Å²) in [4.78, 5) is 11.9. The summed E-state index contributed by atoms with van der Waals surface area (Å²) in [6.45, 7) is 0. The van der Waals surface area contributed by atoms with Crippen LogP contribution in [0.15, 0.2) is 91.0 Å². The molecule has 0 radical (unpaired) electrons. The molecule has 0 fully saturated rings. The van der Waals surface area contributed by atoms with Crippen molar-refractivity contribution >= 4 is 29.4 Å². The SMILES string of the molecule is O=C(O[P+](c1ccccc1)(c1ccccc1)c1ccccc1)C(F)(F)F.[Br-]. The van der Waals surface area contributed by atoms with Crippen LogP contribution in [-0.4, -0.2) is 12.1 Å². The average molecular weight is 455 g/mol. The smallest absolute Gasteiger partial charge is 0.495 e. The molecule has 0 aromatic heterocycles. The molecule has 0 aliphatic carbocycles. The van der Waals surface area contributed by atoms with Gasteiger partial charge >= 0.3 is 12.1 Å². The van der Waals surface area contributed by atoms with Crippen molar-refractivity contribution in [2.24, 2.45) is 0 Å². The predicted octanol–water partition coefficient (Wildman–Crippen LogP) is 1.00. The lowest BCUT2D eigenvalue weighted by Crippen LogP contribution is -3.00. The molecule has 3 aromatic carbocycles. The summed E-state index contributed by atoms with van der Waals surface area (Å²) < 4.78 is 44.5. The Hall–Kier alpha value is -2.17. The molecule has 3 aromatic rings. The molecule has 0 spiro atoms. The van der Waals surface area contributed by atoms with E-state index in [1.807, 2.05) is 0 Å². The van der Waals surface area contributed by atoms with Crippen molar-refractivity contribution in [2.45, 2.75) is 6.18 Å². The number of alkyl halides is 3. The molecule has 0 bridgehead atoms. The second kappa shape index (κ2) is 8.68. The van der Waals surface area contributed by atoms with Crippen LogP contribution in [0, 0.1) is 0 Å². The molecule has 0 heterocycles. The minimum Gasteiger partial charge on any atom is -1.00 e. The molecular formula is C20H15BrF3O2P. The van der Waals surface area contributed by atoms with Crippen LogP contribution in [0.4, 0.5) is 13.2 Å². The van der Waals surface area contributed by atoms with E-state index in [2.05, 4.69) is 0 Å². The quantitative estimate of drug-likeness (QED) is 0.550. The van der Waals surface area contributed by atoms with Crippen molar-refractivity contribution in [2.75, 3.05) is 0 Å². The van der Waals surface area contributed by atoms with Crippen molar-refractivity contribution in [1.82, 2.24) is 0 Å². The van der Waals surface area contributed by atoms with Crippen LogP contribution in [0.25, 0.3) is 0 Å². The lowest BCUT2D eigenvalue weighted by Gasteiger charge is -2.25. The summed E-state index contributed by atoms with van der Waals surface area (Å²) in [5, 5.41) is 1.61. The third-order valence-electron chi connectivity index (χ3n) is 3.81. The average Bonchev–Trinajstić information content (AvgIpc) is 2.67. The van der Waals surface area contributed by atoms with E-state index in [1.54, 1.807) is 91.0 Å². The first-order valence-corrected chi connectivity index (χ1v) is 9.52. The van der Waals surface area contributed by atoms with Crippen LogP contribution < -0.4 is 32.9 Å². The number of hydrogen-bond acceptors (Lipinski definition) is 2. The highest BCUT2D eigenvalue weighted by molar-refractivity contribution is 7.92. The summed E-state index contributed by atoms with van der Waals surface area (Å²) in [6, 6.07) is 25.8. The number of benzene rings is 3. The minimum atomic E-state index is -5.08. The maximum absolute atomic E-state index is 13.1. The Labute approximate surface area is 166 Å². The number of hydrogen-bond donors (Lipinski definition) is 0. The molecule has 0 unspecified atom stereocenters. The van der Waals surface area contributed by atoms with Gasteiger partial charge in [0.05, 0.1) is 0 Å². The van der Waals surface area contributed by atoms with Crippen molar-refractivity contribution < 1.29 is 39.5 Å². The van der Waals surface area contributed by atoms with E-state index < -0.39 is 19.6 Å². The number of rotatable bonds is 4. The number of carbonyl (C=O) groups is 1. The van der Waals surface area contributed by atoms with Crippen LogP contribution in [0.5, 0.6) is 0 Å². The monoisotopic (exact) mass is 454 g/mol. The Balaban J connectivity index is 0.00000261. The Morgan fingerprint density at radius 3 is 1.22 bits per heavy atom. The topological polar surface area (TPSA) is 26.3 Å². The van der Waals surface area contributed by atoms with Gasteiger partial charge in [-0.2, -0.15) is 13.2 Å². The molecule has 0 amide bonds. The Morgan fingerprint density at radius 1 is 0.667 bits per heavy atom. The van der Waals surface area contributed by atoms with Gasteiger partial charge < -0.3 is 17.0 Å². The van der Waals surface area contributed by atoms with Gasteiger partial charge in [-0.3, -0.25) is 4.52 Å². The maximum Gasteiger partial charge on any atom is 0.495 e. The summed E-state index contributed by atoms with van der Waals surface area (Å²) in [7, 11) is -3.28. The highest BCUT2D eigenvalue weighted by Gasteiger charge is 2.56. The van der Waals surface area contributed by atoms with Crippen LogP contribution in [-0.2, 0) is 9.32 Å². The zero-order valence-corrected chi connectivity index (χ0v) is 16.4. The van der Waals surface area contributed by atoms with Crippen molar-refractivity contribution in [3.63, 3.8) is 0 Å². The second-order valence-electron chi connectivity index (χ2n) is 5.49. The Kier molecular flexibility index (Phi) is 6.79. The fraction of sp³-hybridized carbons (Fsp3) is 0.0500. The lowest BCUT2D eigenvalue weighted by molar-refractivity contribution is -0.189. The molecule has 0 atom stereocenters. The molecule has 0 aliphatic heterocycles. The summed E-state index contributed by atoms with van der Waals surface area (Å²) in [6.07, 6.45) is -5.08. The fourth-order valence-corrected chi connectivity index (χ4v) is 6.03. The van der Waals surface area contributed by atoms with Gasteiger partial charge in [0.2, 0.25) is 0 Å². The lowest BCUT2D eigenvalue weighted by atomic mass is 10.4. The first-order valence-electron chi connectivity index (χ1n) is 7.81. The molecule has 27 heavy (non-hydrogen) atoms. The van der Waals surface area contributed by atoms with Gasteiger partial charge in [0.25, 0.3) is 7.49 Å². The number of halogens is 4. The molecule has 0 saturated heterocycles. The van der Waals surface area contributed by atoms with Gasteiger partial charge in [0.1, 0.15) is 15.9 Å². The molecular weight excluding hydrogens is 440 g/mol.